The van der Waals surface area contributed by atoms with E-state index in [0.717, 1.165) is 17.8 Å². The maximum absolute atomic E-state index is 4.54. The minimum Gasteiger partial charge on any atom is -0.330 e. The number of aromatic nitrogens is 2. The molecule has 3 aromatic rings. The Labute approximate surface area is 131 Å². The normalized spacial score (nSPS) is 12.7. The lowest BCUT2D eigenvalue weighted by Crippen LogP contribution is -2.10. The largest absolute Gasteiger partial charge is 0.330 e. The molecule has 108 valence electrons. The summed E-state index contributed by atoms with van der Waals surface area (Å²) in [7, 11) is 0. The summed E-state index contributed by atoms with van der Waals surface area (Å²) in [5.74, 6) is 1.22. The van der Waals surface area contributed by atoms with E-state index < -0.39 is 0 Å². The first kappa shape index (κ1) is 14.2. The zero-order valence-corrected chi connectivity index (χ0v) is 13.3. The van der Waals surface area contributed by atoms with Crippen LogP contribution in [0.3, 0.4) is 0 Å². The van der Waals surface area contributed by atoms with Gasteiger partial charge in [-0.2, -0.15) is 12.6 Å². The van der Waals surface area contributed by atoms with E-state index in [1.165, 1.54) is 22.2 Å². The molecule has 0 aliphatic heterocycles. The van der Waals surface area contributed by atoms with Gasteiger partial charge in [-0.25, -0.2) is 4.98 Å². The number of thiol groups is 1. The number of imidazole rings is 1. The Morgan fingerprint density at radius 1 is 1.10 bits per heavy atom. The summed E-state index contributed by atoms with van der Waals surface area (Å²) in [5, 5.41) is 0. The Hall–Kier alpha value is -1.74. The Morgan fingerprint density at radius 3 is 2.52 bits per heavy atom. The third-order valence-electron chi connectivity index (χ3n) is 4.14. The van der Waals surface area contributed by atoms with E-state index in [1.54, 1.807) is 0 Å². The van der Waals surface area contributed by atoms with Crippen molar-refractivity contribution < 1.29 is 0 Å². The van der Waals surface area contributed by atoms with Gasteiger partial charge in [0.15, 0.2) is 0 Å². The average Bonchev–Trinajstić information content (AvgIpc) is 2.88. The third kappa shape index (κ3) is 2.84. The maximum atomic E-state index is 4.54. The van der Waals surface area contributed by atoms with Crippen LogP contribution in [0, 0.1) is 13.8 Å². The van der Waals surface area contributed by atoms with Gasteiger partial charge in [0.2, 0.25) is 0 Å². The summed E-state index contributed by atoms with van der Waals surface area (Å²) in [6.45, 7) is 5.19. The van der Waals surface area contributed by atoms with E-state index >= 15 is 0 Å². The lowest BCUT2D eigenvalue weighted by molar-refractivity contribution is 0.618. The molecule has 0 aliphatic rings. The van der Waals surface area contributed by atoms with Gasteiger partial charge in [0.05, 0.1) is 17.4 Å². The van der Waals surface area contributed by atoms with Crippen molar-refractivity contribution in [3.63, 3.8) is 0 Å². The number of fused-ring (bicyclic) bond motifs is 1. The molecule has 3 heteroatoms. The molecule has 0 radical (unpaired) electrons. The fourth-order valence-corrected chi connectivity index (χ4v) is 3.02. The number of aryl methyl sites for hydroxylation is 2. The zero-order chi connectivity index (χ0) is 14.8. The van der Waals surface area contributed by atoms with Crippen molar-refractivity contribution in [1.29, 1.82) is 0 Å². The number of rotatable bonds is 4. The van der Waals surface area contributed by atoms with Crippen LogP contribution in [0.5, 0.6) is 0 Å². The van der Waals surface area contributed by atoms with E-state index in [2.05, 4.69) is 78.5 Å². The standard InChI is InChI=1S/C18H20N2S/c1-13-8-17-18(9-14(13)2)20(12-19-17)10-16(11-21)15-6-4-3-5-7-15/h3-9,12,16,21H,10-11H2,1-2H3. The summed E-state index contributed by atoms with van der Waals surface area (Å²) in [4.78, 5) is 4.54. The van der Waals surface area contributed by atoms with Gasteiger partial charge < -0.3 is 4.57 Å². The Morgan fingerprint density at radius 2 is 1.81 bits per heavy atom. The molecule has 21 heavy (non-hydrogen) atoms. The van der Waals surface area contributed by atoms with E-state index in [1.807, 2.05) is 6.33 Å². The summed E-state index contributed by atoms with van der Waals surface area (Å²) in [5.41, 5.74) is 6.22. The van der Waals surface area contributed by atoms with Gasteiger partial charge in [-0.1, -0.05) is 30.3 Å². The first-order chi connectivity index (χ1) is 10.2. The number of benzene rings is 2. The van der Waals surface area contributed by atoms with Crippen LogP contribution in [0.1, 0.15) is 22.6 Å². The minimum atomic E-state index is 0.397. The lowest BCUT2D eigenvalue weighted by Gasteiger charge is -2.16. The monoisotopic (exact) mass is 296 g/mol. The molecule has 0 N–H and O–H groups in total. The van der Waals surface area contributed by atoms with Crippen molar-refractivity contribution in [2.24, 2.45) is 0 Å². The third-order valence-corrected chi connectivity index (χ3v) is 4.59. The fourth-order valence-electron chi connectivity index (χ4n) is 2.69. The summed E-state index contributed by atoms with van der Waals surface area (Å²) < 4.78 is 2.25. The summed E-state index contributed by atoms with van der Waals surface area (Å²) in [6, 6.07) is 15.0. The van der Waals surface area contributed by atoms with Crippen molar-refractivity contribution in [1.82, 2.24) is 9.55 Å². The molecule has 0 spiro atoms. The zero-order valence-electron chi connectivity index (χ0n) is 12.5. The minimum absolute atomic E-state index is 0.397. The Balaban J connectivity index is 1.95. The number of hydrogen-bond donors (Lipinski definition) is 1. The molecule has 3 rings (SSSR count). The van der Waals surface area contributed by atoms with Crippen LogP contribution in [0.2, 0.25) is 0 Å². The van der Waals surface area contributed by atoms with Gasteiger partial charge in [0.25, 0.3) is 0 Å². The Kier molecular flexibility index (Phi) is 4.02. The second kappa shape index (κ2) is 5.94. The van der Waals surface area contributed by atoms with Gasteiger partial charge in [0.1, 0.15) is 0 Å². The lowest BCUT2D eigenvalue weighted by atomic mass is 10.0. The topological polar surface area (TPSA) is 17.8 Å². The second-order valence-electron chi connectivity index (χ2n) is 5.61. The molecule has 1 unspecified atom stereocenters. The van der Waals surface area contributed by atoms with Gasteiger partial charge >= 0.3 is 0 Å². The van der Waals surface area contributed by atoms with E-state index in [9.17, 15) is 0 Å². The molecular formula is C18H20N2S. The van der Waals surface area contributed by atoms with Crippen molar-refractivity contribution in [2.45, 2.75) is 26.3 Å². The summed E-state index contributed by atoms with van der Waals surface area (Å²) in [6.07, 6.45) is 1.95. The molecule has 1 heterocycles. The molecule has 0 bridgehead atoms. The molecular weight excluding hydrogens is 276 g/mol. The van der Waals surface area contributed by atoms with Crippen LogP contribution in [-0.4, -0.2) is 15.3 Å². The highest BCUT2D eigenvalue weighted by atomic mass is 32.1. The van der Waals surface area contributed by atoms with Gasteiger partial charge in [-0.3, -0.25) is 0 Å². The summed E-state index contributed by atoms with van der Waals surface area (Å²) >= 11 is 4.54. The van der Waals surface area contributed by atoms with Gasteiger partial charge in [-0.05, 0) is 48.4 Å². The van der Waals surface area contributed by atoms with E-state index in [4.69, 9.17) is 0 Å². The molecule has 2 nitrogen and oxygen atoms in total. The first-order valence-electron chi connectivity index (χ1n) is 7.27. The van der Waals surface area contributed by atoms with Crippen molar-refractivity contribution in [3.8, 4) is 0 Å². The SMILES string of the molecule is Cc1cc2ncn(CC(CS)c3ccccc3)c2cc1C. The van der Waals surface area contributed by atoms with Crippen LogP contribution in [0.15, 0.2) is 48.8 Å². The molecule has 1 aromatic heterocycles. The molecule has 2 aromatic carbocycles. The smallest absolute Gasteiger partial charge is 0.0958 e. The van der Waals surface area contributed by atoms with Gasteiger partial charge in [-0.15, -0.1) is 0 Å². The highest BCUT2D eigenvalue weighted by Crippen LogP contribution is 2.23. The molecule has 0 aliphatic carbocycles. The molecule has 0 saturated heterocycles. The van der Waals surface area contributed by atoms with Crippen LogP contribution in [0.25, 0.3) is 11.0 Å². The van der Waals surface area contributed by atoms with Crippen LogP contribution in [0.4, 0.5) is 0 Å². The van der Waals surface area contributed by atoms with Crippen LogP contribution in [-0.2, 0) is 6.54 Å². The Bertz CT molecular complexity index is 747. The average molecular weight is 296 g/mol. The maximum Gasteiger partial charge on any atom is 0.0958 e. The first-order valence-corrected chi connectivity index (χ1v) is 7.90. The van der Waals surface area contributed by atoms with E-state index in [0.29, 0.717) is 5.92 Å². The van der Waals surface area contributed by atoms with Crippen molar-refractivity contribution in [2.75, 3.05) is 5.75 Å². The van der Waals surface area contributed by atoms with Crippen LogP contribution < -0.4 is 0 Å². The molecule has 0 saturated carbocycles. The fraction of sp³-hybridized carbons (Fsp3) is 0.278. The van der Waals surface area contributed by atoms with Gasteiger partial charge in [0, 0.05) is 12.5 Å². The molecule has 0 amide bonds. The van der Waals surface area contributed by atoms with Crippen molar-refractivity contribution >= 4 is 23.7 Å². The molecule has 1 atom stereocenters. The van der Waals surface area contributed by atoms with Crippen molar-refractivity contribution in [3.05, 3.63) is 65.5 Å². The van der Waals surface area contributed by atoms with Crippen LogP contribution >= 0.6 is 12.6 Å². The number of nitrogens with zero attached hydrogens (tertiary/aromatic N) is 2. The number of hydrogen-bond acceptors (Lipinski definition) is 2. The predicted octanol–water partition coefficient (Wildman–Crippen LogP) is 4.37. The predicted molar refractivity (Wildman–Crippen MR) is 92.2 cm³/mol. The second-order valence-corrected chi connectivity index (χ2v) is 5.98. The molecule has 0 fully saturated rings. The highest BCUT2D eigenvalue weighted by Gasteiger charge is 2.13. The van der Waals surface area contributed by atoms with E-state index in [-0.39, 0.29) is 0 Å². The quantitative estimate of drug-likeness (QED) is 0.708. The highest BCUT2D eigenvalue weighted by molar-refractivity contribution is 7.80.